The van der Waals surface area contributed by atoms with Gasteiger partial charge in [-0.05, 0) is 6.42 Å². The van der Waals surface area contributed by atoms with E-state index in [9.17, 15) is 0 Å². The summed E-state index contributed by atoms with van der Waals surface area (Å²) in [5.41, 5.74) is 1.73. The van der Waals surface area contributed by atoms with E-state index in [1.54, 1.807) is 6.07 Å². The van der Waals surface area contributed by atoms with Crippen molar-refractivity contribution < 1.29 is 13.8 Å². The highest BCUT2D eigenvalue weighted by atomic mass is 16.5. The van der Waals surface area contributed by atoms with E-state index >= 15 is 0 Å². The number of benzene rings is 1. The van der Waals surface area contributed by atoms with Crippen molar-refractivity contribution in [3.63, 3.8) is 0 Å². The second kappa shape index (κ2) is 5.14. The van der Waals surface area contributed by atoms with Crippen LogP contribution in [-0.4, -0.2) is 28.5 Å². The van der Waals surface area contributed by atoms with Gasteiger partial charge >= 0.3 is 0 Å². The fraction of sp³-hybridized carbons (Fsp3) is 0.267. The first-order valence-corrected chi connectivity index (χ1v) is 6.84. The SMILES string of the molecule is c1ccc(-c2cc(-c3nc([C@H]4CCOC4)no3)on2)cc1. The van der Waals surface area contributed by atoms with Crippen LogP contribution < -0.4 is 0 Å². The van der Waals surface area contributed by atoms with E-state index in [0.717, 1.165) is 24.3 Å². The van der Waals surface area contributed by atoms with Crippen LogP contribution in [-0.2, 0) is 4.74 Å². The van der Waals surface area contributed by atoms with Crippen LogP contribution in [0.1, 0.15) is 18.2 Å². The number of hydrogen-bond donors (Lipinski definition) is 0. The quantitative estimate of drug-likeness (QED) is 0.735. The van der Waals surface area contributed by atoms with Gasteiger partial charge < -0.3 is 13.8 Å². The number of ether oxygens (including phenoxy) is 1. The summed E-state index contributed by atoms with van der Waals surface area (Å²) in [6, 6.07) is 11.6. The molecule has 0 radical (unpaired) electrons. The van der Waals surface area contributed by atoms with Crippen molar-refractivity contribution in [2.24, 2.45) is 0 Å². The summed E-state index contributed by atoms with van der Waals surface area (Å²) in [4.78, 5) is 4.38. The van der Waals surface area contributed by atoms with Gasteiger partial charge in [-0.15, -0.1) is 0 Å². The van der Waals surface area contributed by atoms with Crippen molar-refractivity contribution in [3.05, 3.63) is 42.2 Å². The van der Waals surface area contributed by atoms with Crippen LogP contribution in [0.3, 0.4) is 0 Å². The first-order chi connectivity index (χ1) is 10.4. The van der Waals surface area contributed by atoms with Crippen LogP contribution in [0.4, 0.5) is 0 Å². The minimum absolute atomic E-state index is 0.207. The van der Waals surface area contributed by atoms with Crippen molar-refractivity contribution in [3.8, 4) is 22.9 Å². The average Bonchev–Trinajstić information content (AvgIpc) is 3.27. The highest BCUT2D eigenvalue weighted by Crippen LogP contribution is 2.28. The third kappa shape index (κ3) is 2.34. The molecule has 6 nitrogen and oxygen atoms in total. The van der Waals surface area contributed by atoms with Crippen LogP contribution in [0.25, 0.3) is 22.9 Å². The van der Waals surface area contributed by atoms with Gasteiger partial charge in [0.15, 0.2) is 5.82 Å². The molecule has 0 spiro atoms. The fourth-order valence-corrected chi connectivity index (χ4v) is 2.36. The van der Waals surface area contributed by atoms with Gasteiger partial charge in [-0.3, -0.25) is 0 Å². The molecule has 1 aromatic carbocycles. The smallest absolute Gasteiger partial charge is 0.296 e. The summed E-state index contributed by atoms with van der Waals surface area (Å²) in [5, 5.41) is 8.04. The van der Waals surface area contributed by atoms with Crippen molar-refractivity contribution in [1.82, 2.24) is 15.3 Å². The van der Waals surface area contributed by atoms with E-state index in [1.165, 1.54) is 0 Å². The van der Waals surface area contributed by atoms with Gasteiger partial charge in [-0.25, -0.2) is 0 Å². The molecule has 0 N–H and O–H groups in total. The van der Waals surface area contributed by atoms with E-state index in [2.05, 4.69) is 15.3 Å². The Hall–Kier alpha value is -2.47. The van der Waals surface area contributed by atoms with Gasteiger partial charge in [0.25, 0.3) is 5.89 Å². The lowest BCUT2D eigenvalue weighted by Crippen LogP contribution is -1.99. The molecular formula is C15H13N3O3. The zero-order chi connectivity index (χ0) is 14.1. The molecule has 1 saturated heterocycles. The van der Waals surface area contributed by atoms with Crippen molar-refractivity contribution in [2.45, 2.75) is 12.3 Å². The lowest BCUT2D eigenvalue weighted by atomic mass is 10.1. The Bertz CT molecular complexity index is 729. The minimum Gasteiger partial charge on any atom is -0.381 e. The lowest BCUT2D eigenvalue weighted by Gasteiger charge is -1.97. The second-order valence-corrected chi connectivity index (χ2v) is 4.96. The Morgan fingerprint density at radius 2 is 1.95 bits per heavy atom. The molecule has 0 bridgehead atoms. The van der Waals surface area contributed by atoms with Gasteiger partial charge in [-0.1, -0.05) is 40.6 Å². The topological polar surface area (TPSA) is 74.2 Å². The molecule has 4 rings (SSSR count). The highest BCUT2D eigenvalue weighted by molar-refractivity contribution is 5.62. The van der Waals surface area contributed by atoms with E-state index < -0.39 is 0 Å². The zero-order valence-corrected chi connectivity index (χ0v) is 11.2. The van der Waals surface area contributed by atoms with Gasteiger partial charge in [0.2, 0.25) is 5.76 Å². The zero-order valence-electron chi connectivity index (χ0n) is 11.2. The molecular weight excluding hydrogens is 270 g/mol. The van der Waals surface area contributed by atoms with Gasteiger partial charge in [0.05, 0.1) is 6.61 Å². The largest absolute Gasteiger partial charge is 0.381 e. The fourth-order valence-electron chi connectivity index (χ4n) is 2.36. The van der Waals surface area contributed by atoms with Crippen molar-refractivity contribution in [2.75, 3.05) is 13.2 Å². The minimum atomic E-state index is 0.207. The summed E-state index contributed by atoms with van der Waals surface area (Å²) < 4.78 is 15.9. The van der Waals surface area contributed by atoms with Gasteiger partial charge in [0, 0.05) is 24.2 Å². The Morgan fingerprint density at radius 1 is 1.05 bits per heavy atom. The van der Waals surface area contributed by atoms with E-state index in [4.69, 9.17) is 13.8 Å². The molecule has 2 aromatic heterocycles. The molecule has 0 unspecified atom stereocenters. The molecule has 0 saturated carbocycles. The van der Waals surface area contributed by atoms with Crippen LogP contribution in [0.2, 0.25) is 0 Å². The molecule has 1 aliphatic heterocycles. The van der Waals surface area contributed by atoms with E-state index in [0.29, 0.717) is 24.1 Å². The molecule has 1 atom stereocenters. The normalized spacial score (nSPS) is 18.2. The summed E-state index contributed by atoms with van der Waals surface area (Å²) in [7, 11) is 0. The molecule has 21 heavy (non-hydrogen) atoms. The maximum absolute atomic E-state index is 5.33. The van der Waals surface area contributed by atoms with Crippen LogP contribution >= 0.6 is 0 Å². The third-order valence-electron chi connectivity index (χ3n) is 3.53. The standard InChI is InChI=1S/C15H13N3O3/c1-2-4-10(5-3-1)12-8-13(20-17-12)15-16-14(18-21-15)11-6-7-19-9-11/h1-5,8,11H,6-7,9H2/t11-/m0/s1. The third-order valence-corrected chi connectivity index (χ3v) is 3.53. The van der Waals surface area contributed by atoms with Crippen molar-refractivity contribution >= 4 is 0 Å². The predicted octanol–water partition coefficient (Wildman–Crippen LogP) is 2.90. The number of nitrogens with zero attached hydrogens (tertiary/aromatic N) is 3. The highest BCUT2D eigenvalue weighted by Gasteiger charge is 2.24. The molecule has 1 aliphatic rings. The number of hydrogen-bond acceptors (Lipinski definition) is 6. The van der Waals surface area contributed by atoms with Gasteiger partial charge in [-0.2, -0.15) is 4.98 Å². The van der Waals surface area contributed by atoms with Gasteiger partial charge in [0.1, 0.15) is 5.69 Å². The molecule has 3 heterocycles. The molecule has 0 amide bonds. The van der Waals surface area contributed by atoms with Crippen molar-refractivity contribution in [1.29, 1.82) is 0 Å². The predicted molar refractivity (Wildman–Crippen MR) is 73.4 cm³/mol. The first-order valence-electron chi connectivity index (χ1n) is 6.84. The molecule has 1 fully saturated rings. The van der Waals surface area contributed by atoms with Crippen LogP contribution in [0.5, 0.6) is 0 Å². The lowest BCUT2D eigenvalue weighted by molar-refractivity contribution is 0.192. The summed E-state index contributed by atoms with van der Waals surface area (Å²) in [6.07, 6.45) is 0.921. The summed E-state index contributed by atoms with van der Waals surface area (Å²) in [5.74, 6) is 1.71. The van der Waals surface area contributed by atoms with E-state index in [-0.39, 0.29) is 5.92 Å². The second-order valence-electron chi connectivity index (χ2n) is 4.96. The summed E-state index contributed by atoms with van der Waals surface area (Å²) >= 11 is 0. The summed E-state index contributed by atoms with van der Waals surface area (Å²) in [6.45, 7) is 1.39. The molecule has 3 aromatic rings. The first kappa shape index (κ1) is 12.3. The number of rotatable bonds is 3. The maximum atomic E-state index is 5.33. The molecule has 106 valence electrons. The van der Waals surface area contributed by atoms with E-state index in [1.807, 2.05) is 30.3 Å². The number of aromatic nitrogens is 3. The Labute approximate surface area is 120 Å². The maximum Gasteiger partial charge on any atom is 0.296 e. The Morgan fingerprint density at radius 3 is 2.76 bits per heavy atom. The average molecular weight is 283 g/mol. The molecule has 6 heteroatoms. The Balaban J connectivity index is 1.61. The van der Waals surface area contributed by atoms with Crippen LogP contribution in [0.15, 0.2) is 45.4 Å². The molecule has 0 aliphatic carbocycles. The van der Waals surface area contributed by atoms with Crippen LogP contribution in [0, 0.1) is 0 Å². The Kier molecular flexibility index (Phi) is 3.01. The monoisotopic (exact) mass is 283 g/mol.